The van der Waals surface area contributed by atoms with E-state index in [1.165, 1.54) is 6.92 Å². The molecule has 0 atom stereocenters. The van der Waals surface area contributed by atoms with Gasteiger partial charge in [-0.2, -0.15) is 0 Å². The van der Waals surface area contributed by atoms with Gasteiger partial charge in [0.05, 0.1) is 19.8 Å². The highest BCUT2D eigenvalue weighted by Gasteiger charge is 2.23. The number of hydrogen-bond donors (Lipinski definition) is 3. The van der Waals surface area contributed by atoms with E-state index in [1.807, 2.05) is 20.8 Å². The molecule has 0 aromatic rings. The molecule has 0 unspecified atom stereocenters. The zero-order valence-corrected chi connectivity index (χ0v) is 20.1. The third-order valence-electron chi connectivity index (χ3n) is 3.78. The van der Waals surface area contributed by atoms with Crippen molar-refractivity contribution in [2.75, 3.05) is 46.1 Å². The third kappa shape index (κ3) is 22.1. The van der Waals surface area contributed by atoms with Crippen molar-refractivity contribution in [1.82, 2.24) is 16.0 Å². The largest absolute Gasteiger partial charge is 0.380 e. The summed E-state index contributed by atoms with van der Waals surface area (Å²) in [5.74, 6) is 1.59. The molecule has 0 saturated heterocycles. The summed E-state index contributed by atoms with van der Waals surface area (Å²) < 4.78 is 10.9. The second-order valence-electron chi connectivity index (χ2n) is 8.71. The van der Waals surface area contributed by atoms with Crippen LogP contribution in [-0.4, -0.2) is 63.8 Å². The van der Waals surface area contributed by atoms with Crippen LogP contribution < -0.4 is 16.0 Å². The maximum Gasteiger partial charge on any atom is 0.246 e. The number of rotatable bonds is 14. The summed E-state index contributed by atoms with van der Waals surface area (Å²) in [7, 11) is 0. The maximum absolute atomic E-state index is 11.7. The Kier molecular flexibility index (Phi) is 17.2. The van der Waals surface area contributed by atoms with E-state index in [2.05, 4.69) is 42.3 Å². The Labute approximate surface area is 187 Å². The highest BCUT2D eigenvalue weighted by atomic mass is 16.5. The number of terminal acetylenes is 1. The van der Waals surface area contributed by atoms with Crippen molar-refractivity contribution < 1.29 is 23.9 Å². The second-order valence-corrected chi connectivity index (χ2v) is 8.71. The van der Waals surface area contributed by atoms with E-state index in [4.69, 9.17) is 15.9 Å². The molecule has 0 aliphatic heterocycles. The number of nitrogens with one attached hydrogen (secondary N) is 3. The molecule has 178 valence electrons. The van der Waals surface area contributed by atoms with E-state index in [0.29, 0.717) is 26.3 Å². The topological polar surface area (TPSA) is 106 Å². The summed E-state index contributed by atoms with van der Waals surface area (Å²) in [6, 6.07) is 0. The molecule has 3 N–H and O–H groups in total. The summed E-state index contributed by atoms with van der Waals surface area (Å²) >= 11 is 0. The van der Waals surface area contributed by atoms with E-state index in [9.17, 15) is 14.4 Å². The van der Waals surface area contributed by atoms with Crippen LogP contribution in [0.25, 0.3) is 0 Å². The fourth-order valence-electron chi connectivity index (χ4n) is 2.12. The van der Waals surface area contributed by atoms with Crippen LogP contribution >= 0.6 is 0 Å². The Morgan fingerprint density at radius 2 is 1.48 bits per heavy atom. The smallest absolute Gasteiger partial charge is 0.246 e. The predicted molar refractivity (Wildman–Crippen MR) is 123 cm³/mol. The van der Waals surface area contributed by atoms with Crippen molar-refractivity contribution in [3.05, 3.63) is 12.7 Å². The highest BCUT2D eigenvalue weighted by molar-refractivity contribution is 5.79. The lowest BCUT2D eigenvalue weighted by Gasteiger charge is -2.29. The standard InChI is InChI=1S/C20H35N3O5.C3H6/c1-7-9-21-17(25)11-27-12-18(26)22-10-8-19(3,4)14-28-15-20(5,6)13-23-16(2)24;1-3-2/h1H,8-15H2,2-6H3,(H,21,25)(H,22,26)(H,23,24);3H,1H2,2H3. The van der Waals surface area contributed by atoms with Crippen molar-refractivity contribution in [3.8, 4) is 12.3 Å². The van der Waals surface area contributed by atoms with Gasteiger partial charge in [0.1, 0.15) is 13.2 Å². The Morgan fingerprint density at radius 3 is 2.00 bits per heavy atom. The average Bonchev–Trinajstić information content (AvgIpc) is 2.65. The Bertz CT molecular complexity index is 595. The van der Waals surface area contributed by atoms with Crippen LogP contribution in [-0.2, 0) is 23.9 Å². The number of allylic oxidation sites excluding steroid dienone is 1. The molecule has 8 heteroatoms. The Hall–Kier alpha value is -2.37. The predicted octanol–water partition coefficient (Wildman–Crippen LogP) is 1.66. The quantitative estimate of drug-likeness (QED) is 0.282. The monoisotopic (exact) mass is 439 g/mol. The zero-order chi connectivity index (χ0) is 24.3. The highest BCUT2D eigenvalue weighted by Crippen LogP contribution is 2.22. The summed E-state index contributed by atoms with van der Waals surface area (Å²) in [5.41, 5.74) is -0.271. The van der Waals surface area contributed by atoms with Crippen LogP contribution in [0.3, 0.4) is 0 Å². The van der Waals surface area contributed by atoms with Crippen LogP contribution in [0.5, 0.6) is 0 Å². The summed E-state index contributed by atoms with van der Waals surface area (Å²) in [6.07, 6.45) is 7.51. The molecule has 31 heavy (non-hydrogen) atoms. The van der Waals surface area contributed by atoms with E-state index in [-0.39, 0.29) is 48.3 Å². The van der Waals surface area contributed by atoms with Gasteiger partial charge in [-0.25, -0.2) is 0 Å². The maximum atomic E-state index is 11.7. The molecule has 0 aliphatic rings. The average molecular weight is 440 g/mol. The minimum Gasteiger partial charge on any atom is -0.380 e. The molecule has 0 aromatic carbocycles. The number of hydrogen-bond acceptors (Lipinski definition) is 5. The molecule has 0 spiro atoms. The van der Waals surface area contributed by atoms with Crippen molar-refractivity contribution in [1.29, 1.82) is 0 Å². The molecule has 0 saturated carbocycles. The van der Waals surface area contributed by atoms with Crippen molar-refractivity contribution >= 4 is 17.7 Å². The third-order valence-corrected chi connectivity index (χ3v) is 3.78. The molecule has 0 rings (SSSR count). The number of carbonyl (C=O) groups is 3. The van der Waals surface area contributed by atoms with Gasteiger partial charge in [-0.05, 0) is 18.8 Å². The first kappa shape index (κ1) is 30.8. The van der Waals surface area contributed by atoms with Gasteiger partial charge in [0.15, 0.2) is 0 Å². The lowest BCUT2D eigenvalue weighted by atomic mass is 9.90. The molecule has 3 amide bonds. The lowest BCUT2D eigenvalue weighted by molar-refractivity contribution is -0.131. The number of carbonyl (C=O) groups excluding carboxylic acids is 3. The van der Waals surface area contributed by atoms with E-state index >= 15 is 0 Å². The molecule has 8 nitrogen and oxygen atoms in total. The molecule has 0 heterocycles. The molecule has 0 aromatic heterocycles. The van der Waals surface area contributed by atoms with Gasteiger partial charge in [-0.15, -0.1) is 13.0 Å². The van der Waals surface area contributed by atoms with Gasteiger partial charge >= 0.3 is 0 Å². The van der Waals surface area contributed by atoms with Crippen molar-refractivity contribution in [2.45, 2.75) is 48.0 Å². The Balaban J connectivity index is 0. The van der Waals surface area contributed by atoms with E-state index in [1.54, 1.807) is 6.08 Å². The number of ether oxygens (including phenoxy) is 2. The van der Waals surface area contributed by atoms with Crippen LogP contribution in [0.1, 0.15) is 48.0 Å². The lowest BCUT2D eigenvalue weighted by Crippen LogP contribution is -2.37. The van der Waals surface area contributed by atoms with Crippen LogP contribution in [0, 0.1) is 23.2 Å². The number of amides is 3. The van der Waals surface area contributed by atoms with Gasteiger partial charge in [0.2, 0.25) is 17.7 Å². The minimum absolute atomic E-state index is 0.0543. The van der Waals surface area contributed by atoms with Crippen LogP contribution in [0.4, 0.5) is 0 Å². The molecular formula is C23H41N3O5. The SMILES string of the molecule is C#CCNC(=O)COCC(=O)NCCC(C)(C)COCC(C)(C)CNC(C)=O.C=CC. The second kappa shape index (κ2) is 17.3. The fraction of sp³-hybridized carbons (Fsp3) is 0.696. The first-order valence-electron chi connectivity index (χ1n) is 10.3. The van der Waals surface area contributed by atoms with Crippen LogP contribution in [0.15, 0.2) is 12.7 Å². The first-order valence-corrected chi connectivity index (χ1v) is 10.3. The minimum atomic E-state index is -0.356. The molecule has 0 fully saturated rings. The van der Waals surface area contributed by atoms with E-state index in [0.717, 1.165) is 6.42 Å². The molecule has 0 radical (unpaired) electrons. The summed E-state index contributed by atoms with van der Waals surface area (Å²) in [5, 5.41) is 8.01. The normalized spacial score (nSPS) is 10.7. The molecular weight excluding hydrogens is 398 g/mol. The zero-order valence-electron chi connectivity index (χ0n) is 20.1. The van der Waals surface area contributed by atoms with Gasteiger partial charge in [0, 0.05) is 25.4 Å². The van der Waals surface area contributed by atoms with Gasteiger partial charge in [-0.3, -0.25) is 14.4 Å². The van der Waals surface area contributed by atoms with Crippen LogP contribution in [0.2, 0.25) is 0 Å². The Morgan fingerprint density at radius 1 is 0.968 bits per heavy atom. The van der Waals surface area contributed by atoms with E-state index < -0.39 is 0 Å². The molecule has 0 aliphatic carbocycles. The first-order chi connectivity index (χ1) is 14.4. The van der Waals surface area contributed by atoms with Gasteiger partial charge in [-0.1, -0.05) is 39.7 Å². The summed E-state index contributed by atoms with van der Waals surface area (Å²) in [4.78, 5) is 34.0. The molecule has 0 bridgehead atoms. The van der Waals surface area contributed by atoms with Crippen molar-refractivity contribution in [2.24, 2.45) is 10.8 Å². The van der Waals surface area contributed by atoms with Gasteiger partial charge in [0.25, 0.3) is 0 Å². The van der Waals surface area contributed by atoms with Crippen molar-refractivity contribution in [3.63, 3.8) is 0 Å². The van der Waals surface area contributed by atoms with Gasteiger partial charge < -0.3 is 25.4 Å². The fourth-order valence-corrected chi connectivity index (χ4v) is 2.12. The summed E-state index contributed by atoms with van der Waals surface area (Å²) in [6.45, 7) is 16.8.